The van der Waals surface area contributed by atoms with E-state index in [0.29, 0.717) is 22.0 Å². The average Bonchev–Trinajstić information content (AvgIpc) is 3.16. The van der Waals surface area contributed by atoms with E-state index in [4.69, 9.17) is 23.1 Å². The molecule has 7 nitrogen and oxygen atoms in total. The smallest absolute Gasteiger partial charge is 0.255 e. The molecule has 0 aliphatic carbocycles. The maximum atomic E-state index is 14.3. The molecule has 0 spiro atoms. The molecule has 0 atom stereocenters. The molecule has 0 aliphatic heterocycles. The lowest BCUT2D eigenvalue weighted by Crippen LogP contribution is -2.10. The third-order valence-electron chi connectivity index (χ3n) is 5.34. The van der Waals surface area contributed by atoms with E-state index >= 15 is 0 Å². The molecule has 0 aliphatic rings. The van der Waals surface area contributed by atoms with E-state index in [0.717, 1.165) is 12.3 Å². The van der Waals surface area contributed by atoms with Crippen LogP contribution in [0.15, 0.2) is 48.8 Å². The SMILES string of the molecule is Nc1nc(-n2nc(Cc3c(F)ccc(F)c3F)c3cc(Cl)ccc32)nc(N)c1-c1cncc(F)c1. The highest BCUT2D eigenvalue weighted by atomic mass is 35.5. The molecule has 0 bridgehead atoms. The van der Waals surface area contributed by atoms with Gasteiger partial charge in [0.1, 0.15) is 23.3 Å². The maximum absolute atomic E-state index is 14.3. The van der Waals surface area contributed by atoms with Gasteiger partial charge in [0.15, 0.2) is 11.6 Å². The monoisotopic (exact) mass is 499 g/mol. The summed E-state index contributed by atoms with van der Waals surface area (Å²) in [5, 5.41) is 5.17. The fraction of sp³-hybridized carbons (Fsp3) is 0.0435. The second kappa shape index (κ2) is 8.51. The van der Waals surface area contributed by atoms with Crippen LogP contribution < -0.4 is 11.5 Å². The molecule has 0 saturated heterocycles. The van der Waals surface area contributed by atoms with Gasteiger partial charge in [-0.3, -0.25) is 4.98 Å². The third-order valence-corrected chi connectivity index (χ3v) is 5.57. The van der Waals surface area contributed by atoms with Crippen LogP contribution in [0.25, 0.3) is 28.0 Å². The Kier molecular flexibility index (Phi) is 5.48. The lowest BCUT2D eigenvalue weighted by molar-refractivity contribution is 0.482. The van der Waals surface area contributed by atoms with Gasteiger partial charge in [0.2, 0.25) is 0 Å². The molecule has 3 heterocycles. The second-order valence-electron chi connectivity index (χ2n) is 7.58. The van der Waals surface area contributed by atoms with Crippen molar-refractivity contribution >= 4 is 34.1 Å². The topological polar surface area (TPSA) is 109 Å². The Balaban J connectivity index is 1.67. The van der Waals surface area contributed by atoms with E-state index in [2.05, 4.69) is 20.1 Å². The molecule has 2 aromatic carbocycles. The summed E-state index contributed by atoms with van der Waals surface area (Å²) in [5.41, 5.74) is 12.8. The normalized spacial score (nSPS) is 11.3. The zero-order chi connectivity index (χ0) is 24.9. The van der Waals surface area contributed by atoms with Gasteiger partial charge in [-0.05, 0) is 36.4 Å². The van der Waals surface area contributed by atoms with Crippen molar-refractivity contribution in [1.29, 1.82) is 0 Å². The molecule has 12 heteroatoms. The lowest BCUT2D eigenvalue weighted by Gasteiger charge is -2.10. The number of hydrogen-bond acceptors (Lipinski definition) is 6. The van der Waals surface area contributed by atoms with E-state index in [9.17, 15) is 17.6 Å². The molecular formula is C23H14ClF4N7. The summed E-state index contributed by atoms with van der Waals surface area (Å²) in [5.74, 6) is -4.20. The fourth-order valence-electron chi connectivity index (χ4n) is 3.76. The number of pyridine rings is 1. The summed E-state index contributed by atoms with van der Waals surface area (Å²) >= 11 is 6.14. The summed E-state index contributed by atoms with van der Waals surface area (Å²) in [7, 11) is 0. The minimum absolute atomic E-state index is 0.0492. The van der Waals surface area contributed by atoms with E-state index in [1.54, 1.807) is 18.2 Å². The van der Waals surface area contributed by atoms with Crippen LogP contribution in [0, 0.1) is 23.3 Å². The highest BCUT2D eigenvalue weighted by molar-refractivity contribution is 6.31. The molecule has 0 unspecified atom stereocenters. The van der Waals surface area contributed by atoms with Gasteiger partial charge in [-0.2, -0.15) is 19.7 Å². The van der Waals surface area contributed by atoms with Gasteiger partial charge in [0.25, 0.3) is 5.95 Å². The van der Waals surface area contributed by atoms with Crippen LogP contribution in [0.2, 0.25) is 5.02 Å². The zero-order valence-electron chi connectivity index (χ0n) is 17.6. The van der Waals surface area contributed by atoms with Crippen LogP contribution in [0.4, 0.5) is 29.2 Å². The number of nitrogens with two attached hydrogens (primary N) is 2. The molecule has 5 rings (SSSR count). The highest BCUT2D eigenvalue weighted by Crippen LogP contribution is 2.32. The van der Waals surface area contributed by atoms with Crippen molar-refractivity contribution in [2.75, 3.05) is 11.5 Å². The maximum Gasteiger partial charge on any atom is 0.255 e. The Hall–Kier alpha value is -4.25. The summed E-state index contributed by atoms with van der Waals surface area (Å²) < 4.78 is 57.3. The number of hydrogen-bond donors (Lipinski definition) is 2. The Labute approximate surface area is 200 Å². The first-order valence-corrected chi connectivity index (χ1v) is 10.4. The molecule has 0 fully saturated rings. The van der Waals surface area contributed by atoms with Crippen LogP contribution in [0.1, 0.15) is 11.3 Å². The number of halogens is 5. The first-order chi connectivity index (χ1) is 16.7. The first kappa shape index (κ1) is 22.5. The largest absolute Gasteiger partial charge is 0.383 e. The van der Waals surface area contributed by atoms with Crippen molar-refractivity contribution in [2.45, 2.75) is 6.42 Å². The van der Waals surface area contributed by atoms with Crippen molar-refractivity contribution in [1.82, 2.24) is 24.7 Å². The highest BCUT2D eigenvalue weighted by Gasteiger charge is 2.21. The van der Waals surface area contributed by atoms with Gasteiger partial charge >= 0.3 is 0 Å². The Morgan fingerprint density at radius 3 is 2.31 bits per heavy atom. The quantitative estimate of drug-likeness (QED) is 0.270. The van der Waals surface area contributed by atoms with E-state index in [1.807, 2.05) is 0 Å². The van der Waals surface area contributed by atoms with E-state index < -0.39 is 28.8 Å². The fourth-order valence-corrected chi connectivity index (χ4v) is 3.93. The van der Waals surface area contributed by atoms with Crippen LogP contribution in [0.3, 0.4) is 0 Å². The second-order valence-corrected chi connectivity index (χ2v) is 8.02. The molecule has 0 saturated carbocycles. The van der Waals surface area contributed by atoms with Gasteiger partial charge in [0.05, 0.1) is 23.0 Å². The molecular weight excluding hydrogens is 486 g/mol. The molecule has 0 amide bonds. The average molecular weight is 500 g/mol. The summed E-state index contributed by atoms with van der Waals surface area (Å²) in [4.78, 5) is 12.3. The lowest BCUT2D eigenvalue weighted by atomic mass is 10.1. The molecule has 4 N–H and O–H groups in total. The molecule has 5 aromatic rings. The van der Waals surface area contributed by atoms with E-state index in [1.165, 1.54) is 16.9 Å². The van der Waals surface area contributed by atoms with Crippen LogP contribution >= 0.6 is 11.6 Å². The number of fused-ring (bicyclic) bond motifs is 1. The third kappa shape index (κ3) is 3.99. The molecule has 3 aromatic heterocycles. The van der Waals surface area contributed by atoms with Crippen LogP contribution in [0.5, 0.6) is 0 Å². The van der Waals surface area contributed by atoms with Gasteiger partial charge in [0, 0.05) is 34.2 Å². The van der Waals surface area contributed by atoms with Gasteiger partial charge in [-0.1, -0.05) is 11.6 Å². The number of benzene rings is 2. The molecule has 0 radical (unpaired) electrons. The summed E-state index contributed by atoms with van der Waals surface area (Å²) in [6.07, 6.45) is 2.01. The Morgan fingerprint density at radius 1 is 0.886 bits per heavy atom. The standard InChI is InChI=1S/C23H14ClF4N7/c24-11-1-4-18-14(6-11)17(7-13-15(26)2-3-16(27)20(13)28)34-35(18)23-32-21(29)19(22(30)33-23)10-5-12(25)9-31-8-10/h1-6,8-9H,7H2,(H4,29,30,32,33). The predicted octanol–water partition coefficient (Wildman–Crippen LogP) is 4.84. The number of rotatable bonds is 4. The van der Waals surface area contributed by atoms with Crippen LogP contribution in [-0.2, 0) is 6.42 Å². The van der Waals surface area contributed by atoms with Crippen molar-refractivity contribution in [3.05, 3.63) is 88.3 Å². The number of nitrogen functional groups attached to an aromatic ring is 2. The Morgan fingerprint density at radius 2 is 1.60 bits per heavy atom. The van der Waals surface area contributed by atoms with E-state index in [-0.39, 0.29) is 40.8 Å². The number of aromatic nitrogens is 5. The van der Waals surface area contributed by atoms with Crippen molar-refractivity contribution < 1.29 is 17.6 Å². The number of anilines is 2. The van der Waals surface area contributed by atoms with Crippen molar-refractivity contribution in [2.24, 2.45) is 0 Å². The van der Waals surface area contributed by atoms with Crippen molar-refractivity contribution in [3.8, 4) is 17.1 Å². The molecule has 35 heavy (non-hydrogen) atoms. The summed E-state index contributed by atoms with van der Waals surface area (Å²) in [6, 6.07) is 7.45. The number of nitrogens with zero attached hydrogens (tertiary/aromatic N) is 5. The zero-order valence-corrected chi connectivity index (χ0v) is 18.4. The van der Waals surface area contributed by atoms with Gasteiger partial charge < -0.3 is 11.5 Å². The molecule has 176 valence electrons. The van der Waals surface area contributed by atoms with Gasteiger partial charge in [-0.15, -0.1) is 0 Å². The minimum atomic E-state index is -1.31. The van der Waals surface area contributed by atoms with Crippen LogP contribution in [-0.4, -0.2) is 24.7 Å². The van der Waals surface area contributed by atoms with Gasteiger partial charge in [-0.25, -0.2) is 17.6 Å². The van der Waals surface area contributed by atoms with Crippen molar-refractivity contribution in [3.63, 3.8) is 0 Å². The predicted molar refractivity (Wildman–Crippen MR) is 123 cm³/mol. The minimum Gasteiger partial charge on any atom is -0.383 e. The Bertz CT molecular complexity index is 1600. The first-order valence-electron chi connectivity index (χ1n) is 10.1. The summed E-state index contributed by atoms with van der Waals surface area (Å²) in [6.45, 7) is 0.